The third-order valence-corrected chi connectivity index (χ3v) is 7.11. The summed E-state index contributed by atoms with van der Waals surface area (Å²) in [6, 6.07) is 13.4. The minimum Gasteiger partial charge on any atom is -0.345 e. The molecule has 0 spiro atoms. The van der Waals surface area contributed by atoms with Crippen LogP contribution in [0.5, 0.6) is 0 Å². The lowest BCUT2D eigenvalue weighted by atomic mass is 9.86. The van der Waals surface area contributed by atoms with Crippen molar-refractivity contribution in [3.8, 4) is 0 Å². The summed E-state index contributed by atoms with van der Waals surface area (Å²) in [5.74, 6) is -2.21. The molecule has 3 atom stereocenters. The van der Waals surface area contributed by atoms with Gasteiger partial charge in [-0.3, -0.25) is 19.2 Å². The summed E-state index contributed by atoms with van der Waals surface area (Å²) in [4.78, 5) is 55.3. The zero-order valence-electron chi connectivity index (χ0n) is 24.3. The van der Waals surface area contributed by atoms with E-state index in [2.05, 4.69) is 16.0 Å². The average molecular weight is 566 g/mol. The molecule has 0 saturated carbocycles. The van der Waals surface area contributed by atoms with Crippen molar-refractivity contribution in [1.29, 1.82) is 0 Å². The predicted molar refractivity (Wildman–Crippen MR) is 155 cm³/mol. The number of nitrogens with one attached hydrogen (secondary N) is 3. The Balaban J connectivity index is 1.76. The fourth-order valence-corrected chi connectivity index (χ4v) is 4.46. The van der Waals surface area contributed by atoms with E-state index in [1.807, 2.05) is 51.1 Å². The zero-order valence-corrected chi connectivity index (χ0v) is 24.3. The van der Waals surface area contributed by atoms with Gasteiger partial charge in [-0.2, -0.15) is 0 Å². The van der Waals surface area contributed by atoms with E-state index < -0.39 is 47.7 Å². The zero-order chi connectivity index (χ0) is 30.2. The number of amides is 4. The van der Waals surface area contributed by atoms with Crippen LogP contribution >= 0.6 is 0 Å². The Labute approximate surface area is 241 Å². The molecular weight excluding hydrogens is 525 g/mol. The molecule has 1 aliphatic heterocycles. The molecule has 4 amide bonds. The maximum absolute atomic E-state index is 14.6. The lowest BCUT2D eigenvalue weighted by Crippen LogP contribution is -2.58. The minimum absolute atomic E-state index is 0.0278. The number of carbonyl (C=O) groups excluding carboxylic acids is 4. The second kappa shape index (κ2) is 14.0. The first-order valence-corrected chi connectivity index (χ1v) is 13.7. The fourth-order valence-electron chi connectivity index (χ4n) is 4.46. The van der Waals surface area contributed by atoms with Crippen molar-refractivity contribution < 1.29 is 23.6 Å². The van der Waals surface area contributed by atoms with Gasteiger partial charge in [-0.25, -0.2) is 4.39 Å². The molecule has 0 bridgehead atoms. The Bertz CT molecular complexity index is 1260. The van der Waals surface area contributed by atoms with Gasteiger partial charge >= 0.3 is 0 Å². The molecule has 1 heterocycles. The van der Waals surface area contributed by atoms with Crippen molar-refractivity contribution in [3.63, 3.8) is 0 Å². The molecule has 0 unspecified atom stereocenters. The summed E-state index contributed by atoms with van der Waals surface area (Å²) in [6.07, 6.45) is 3.63. The summed E-state index contributed by atoms with van der Waals surface area (Å²) in [5.41, 5.74) is 0.731. The predicted octanol–water partition coefficient (Wildman–Crippen LogP) is 2.38. The Morgan fingerprint density at radius 3 is 2.27 bits per heavy atom. The van der Waals surface area contributed by atoms with Crippen LogP contribution in [0.3, 0.4) is 0 Å². The molecule has 0 fully saturated rings. The molecular formula is C31H40FN5O4. The highest BCUT2D eigenvalue weighted by atomic mass is 19.1. The highest BCUT2D eigenvalue weighted by Gasteiger charge is 2.37. The van der Waals surface area contributed by atoms with Gasteiger partial charge in [-0.1, -0.05) is 69.3 Å². The van der Waals surface area contributed by atoms with Gasteiger partial charge in [0.15, 0.2) is 0 Å². The van der Waals surface area contributed by atoms with Crippen molar-refractivity contribution >= 4 is 23.6 Å². The lowest BCUT2D eigenvalue weighted by molar-refractivity contribution is -0.143. The number of hydrogen-bond donors (Lipinski definition) is 3. The first kappa shape index (κ1) is 31.5. The molecule has 0 saturated heterocycles. The number of halogens is 1. The fraction of sp³-hybridized carbons (Fsp3) is 0.419. The van der Waals surface area contributed by atoms with Gasteiger partial charge in [0.2, 0.25) is 23.6 Å². The van der Waals surface area contributed by atoms with Crippen LogP contribution < -0.4 is 16.0 Å². The van der Waals surface area contributed by atoms with Crippen LogP contribution in [0.2, 0.25) is 0 Å². The minimum atomic E-state index is -0.994. The van der Waals surface area contributed by atoms with Crippen LogP contribution in [-0.4, -0.2) is 71.7 Å². The van der Waals surface area contributed by atoms with Gasteiger partial charge < -0.3 is 25.8 Å². The number of carbonyl (C=O) groups is 4. The molecule has 3 N–H and O–H groups in total. The molecule has 0 radical (unpaired) electrons. The van der Waals surface area contributed by atoms with Gasteiger partial charge in [0.1, 0.15) is 17.9 Å². The van der Waals surface area contributed by atoms with E-state index in [0.29, 0.717) is 18.5 Å². The van der Waals surface area contributed by atoms with Crippen LogP contribution in [0.1, 0.15) is 38.8 Å². The summed E-state index contributed by atoms with van der Waals surface area (Å²) < 4.78 is 14.6. The van der Waals surface area contributed by atoms with Gasteiger partial charge in [0, 0.05) is 25.4 Å². The van der Waals surface area contributed by atoms with E-state index in [1.54, 1.807) is 38.4 Å². The van der Waals surface area contributed by atoms with E-state index >= 15 is 0 Å². The maximum atomic E-state index is 14.6. The molecule has 0 aromatic heterocycles. The molecule has 0 aliphatic carbocycles. The largest absolute Gasteiger partial charge is 0.345 e. The Morgan fingerprint density at radius 2 is 1.63 bits per heavy atom. The molecule has 220 valence electrons. The van der Waals surface area contributed by atoms with E-state index in [9.17, 15) is 23.6 Å². The first-order valence-electron chi connectivity index (χ1n) is 13.7. The Morgan fingerprint density at radius 1 is 0.976 bits per heavy atom. The molecule has 2 aromatic carbocycles. The summed E-state index contributed by atoms with van der Waals surface area (Å²) in [7, 11) is 1.64. The second-order valence-corrected chi connectivity index (χ2v) is 11.2. The van der Waals surface area contributed by atoms with Crippen LogP contribution in [0.25, 0.3) is 0 Å². The molecule has 1 aliphatic rings. The number of rotatable bonds is 11. The molecule has 3 rings (SSSR count). The smallest absolute Gasteiger partial charge is 0.250 e. The molecule has 9 nitrogen and oxygen atoms in total. The standard InChI is InChI=1S/C31H40FN5O4/c1-21(33-5)28(39)35-27(31(2,3)4)29(40)34-20-26(38)37-18-17-36(16-15-22-11-7-6-8-12-22)30(41)25(37)19-23-13-9-10-14-24(23)32/h6-14,17-18,21,25,27,33H,15-16,19-20H2,1-5H3,(H,34,40)(H,35,39)/t21-,25-,27+/m0/s1. The highest BCUT2D eigenvalue weighted by molar-refractivity contribution is 5.94. The van der Waals surface area contributed by atoms with Gasteiger partial charge in [-0.15, -0.1) is 0 Å². The van der Waals surface area contributed by atoms with Crippen LogP contribution in [0.15, 0.2) is 67.0 Å². The number of hydrogen-bond acceptors (Lipinski definition) is 5. The number of benzene rings is 2. The SMILES string of the molecule is CN[C@@H](C)C(=O)N[C@H](C(=O)NCC(=O)N1C=CN(CCc2ccccc2)C(=O)[C@@H]1Cc1ccccc1F)C(C)(C)C. The van der Waals surface area contributed by atoms with Gasteiger partial charge in [-0.05, 0) is 43.0 Å². The van der Waals surface area contributed by atoms with Crippen LogP contribution in [0.4, 0.5) is 4.39 Å². The van der Waals surface area contributed by atoms with E-state index in [0.717, 1.165) is 5.56 Å². The van der Waals surface area contributed by atoms with Crippen molar-refractivity contribution in [2.45, 2.75) is 58.7 Å². The average Bonchev–Trinajstić information content (AvgIpc) is 2.95. The van der Waals surface area contributed by atoms with Crippen molar-refractivity contribution in [3.05, 3.63) is 83.9 Å². The van der Waals surface area contributed by atoms with Crippen molar-refractivity contribution in [2.75, 3.05) is 20.1 Å². The van der Waals surface area contributed by atoms with Crippen LogP contribution in [-0.2, 0) is 32.0 Å². The number of nitrogens with zero attached hydrogens (tertiary/aromatic N) is 2. The third-order valence-electron chi connectivity index (χ3n) is 7.11. The third kappa shape index (κ3) is 8.47. The maximum Gasteiger partial charge on any atom is 0.250 e. The molecule has 41 heavy (non-hydrogen) atoms. The van der Waals surface area contributed by atoms with Gasteiger partial charge in [0.25, 0.3) is 0 Å². The lowest BCUT2D eigenvalue weighted by Gasteiger charge is -2.36. The highest BCUT2D eigenvalue weighted by Crippen LogP contribution is 2.21. The Kier molecular flexibility index (Phi) is 10.8. The second-order valence-electron chi connectivity index (χ2n) is 11.2. The molecule has 2 aromatic rings. The summed E-state index contributed by atoms with van der Waals surface area (Å²) in [6.45, 7) is 7.09. The summed E-state index contributed by atoms with van der Waals surface area (Å²) in [5, 5.41) is 8.20. The normalized spacial score (nSPS) is 16.7. The van der Waals surface area contributed by atoms with E-state index in [1.165, 1.54) is 22.1 Å². The quantitative estimate of drug-likeness (QED) is 0.388. The summed E-state index contributed by atoms with van der Waals surface area (Å²) >= 11 is 0. The monoisotopic (exact) mass is 565 g/mol. The van der Waals surface area contributed by atoms with Gasteiger partial charge in [0.05, 0.1) is 12.6 Å². The topological polar surface area (TPSA) is 111 Å². The Hall–Kier alpha value is -4.05. The molecule has 10 heteroatoms. The van der Waals surface area contributed by atoms with Crippen molar-refractivity contribution in [2.24, 2.45) is 5.41 Å². The van der Waals surface area contributed by atoms with E-state index in [4.69, 9.17) is 0 Å². The van der Waals surface area contributed by atoms with Crippen LogP contribution in [0, 0.1) is 11.2 Å². The number of likely N-dealkylation sites (N-methyl/N-ethyl adjacent to an activating group) is 1. The van der Waals surface area contributed by atoms with E-state index in [-0.39, 0.29) is 18.2 Å². The first-order chi connectivity index (χ1) is 19.4. The van der Waals surface area contributed by atoms with Crippen molar-refractivity contribution in [1.82, 2.24) is 25.8 Å².